The Morgan fingerprint density at radius 2 is 2.06 bits per heavy atom. The van der Waals surface area contributed by atoms with Crippen molar-refractivity contribution in [2.45, 2.75) is 26.8 Å². The minimum atomic E-state index is -0.136. The molecule has 0 saturated heterocycles. The number of carbonyl (C=O) groups excluding carboxylic acids is 1. The summed E-state index contributed by atoms with van der Waals surface area (Å²) in [6.07, 6.45) is 0. The van der Waals surface area contributed by atoms with Crippen molar-refractivity contribution >= 4 is 5.91 Å². The molecule has 4 nitrogen and oxygen atoms in total. The first-order chi connectivity index (χ1) is 8.02. The largest absolute Gasteiger partial charge is 0.493 e. The van der Waals surface area contributed by atoms with Gasteiger partial charge in [0.25, 0.3) is 5.91 Å². The zero-order valence-corrected chi connectivity index (χ0v) is 10.7. The molecular weight excluding hydrogens is 218 g/mol. The smallest absolute Gasteiger partial charge is 0.258 e. The number of methoxy groups -OCH3 is 1. The van der Waals surface area contributed by atoms with Crippen LogP contribution >= 0.6 is 0 Å². The fourth-order valence-corrected chi connectivity index (χ4v) is 1.40. The van der Waals surface area contributed by atoms with Crippen LogP contribution in [0.25, 0.3) is 0 Å². The molecule has 1 N–H and O–H groups in total. The summed E-state index contributed by atoms with van der Waals surface area (Å²) in [5, 5.41) is 2.76. The highest BCUT2D eigenvalue weighted by molar-refractivity contribution is 5.77. The zero-order valence-electron chi connectivity index (χ0n) is 10.7. The Balaban J connectivity index is 2.60. The van der Waals surface area contributed by atoms with Crippen molar-refractivity contribution in [1.29, 1.82) is 0 Å². The lowest BCUT2D eigenvalue weighted by molar-refractivity contribution is -0.123. The van der Waals surface area contributed by atoms with E-state index in [9.17, 15) is 4.79 Å². The second kappa shape index (κ2) is 6.13. The summed E-state index contributed by atoms with van der Waals surface area (Å²) < 4.78 is 10.6. The van der Waals surface area contributed by atoms with E-state index in [0.29, 0.717) is 11.5 Å². The SMILES string of the molecule is COc1cc(C)ccc1OCC(=O)NC(C)C. The average molecular weight is 237 g/mol. The van der Waals surface area contributed by atoms with Crippen molar-refractivity contribution in [3.8, 4) is 11.5 Å². The van der Waals surface area contributed by atoms with Crippen LogP contribution in [0.1, 0.15) is 19.4 Å². The normalized spacial score (nSPS) is 10.2. The van der Waals surface area contributed by atoms with Crippen LogP contribution in [0.3, 0.4) is 0 Å². The molecule has 0 radical (unpaired) electrons. The Kier molecular flexibility index (Phi) is 4.82. The molecule has 1 aromatic carbocycles. The van der Waals surface area contributed by atoms with Gasteiger partial charge in [-0.15, -0.1) is 0 Å². The molecule has 0 unspecified atom stereocenters. The number of amides is 1. The van der Waals surface area contributed by atoms with Gasteiger partial charge >= 0.3 is 0 Å². The van der Waals surface area contributed by atoms with E-state index in [-0.39, 0.29) is 18.6 Å². The highest BCUT2D eigenvalue weighted by Gasteiger charge is 2.08. The van der Waals surface area contributed by atoms with Gasteiger partial charge in [0.15, 0.2) is 18.1 Å². The summed E-state index contributed by atoms with van der Waals surface area (Å²) in [7, 11) is 1.58. The number of aryl methyl sites for hydroxylation is 1. The molecule has 0 fully saturated rings. The standard InChI is InChI=1S/C13H19NO3/c1-9(2)14-13(15)8-17-11-6-5-10(3)7-12(11)16-4/h5-7,9H,8H2,1-4H3,(H,14,15). The van der Waals surface area contributed by atoms with Crippen molar-refractivity contribution in [2.75, 3.05) is 13.7 Å². The first-order valence-corrected chi connectivity index (χ1v) is 5.59. The first kappa shape index (κ1) is 13.4. The second-order valence-corrected chi connectivity index (χ2v) is 4.17. The molecule has 17 heavy (non-hydrogen) atoms. The fraction of sp³-hybridized carbons (Fsp3) is 0.462. The van der Waals surface area contributed by atoms with Gasteiger partial charge in [0, 0.05) is 6.04 Å². The van der Waals surface area contributed by atoms with Crippen LogP contribution < -0.4 is 14.8 Å². The van der Waals surface area contributed by atoms with Gasteiger partial charge < -0.3 is 14.8 Å². The molecule has 0 bridgehead atoms. The van der Waals surface area contributed by atoms with Gasteiger partial charge in [-0.05, 0) is 38.5 Å². The molecular formula is C13H19NO3. The van der Waals surface area contributed by atoms with Crippen molar-refractivity contribution in [1.82, 2.24) is 5.32 Å². The van der Waals surface area contributed by atoms with E-state index >= 15 is 0 Å². The van der Waals surface area contributed by atoms with E-state index in [1.807, 2.05) is 32.9 Å². The molecule has 0 spiro atoms. The van der Waals surface area contributed by atoms with Crippen LogP contribution in [0.4, 0.5) is 0 Å². The summed E-state index contributed by atoms with van der Waals surface area (Å²) in [5.74, 6) is 1.09. The number of rotatable bonds is 5. The summed E-state index contributed by atoms with van der Waals surface area (Å²) in [6, 6.07) is 5.70. The van der Waals surface area contributed by atoms with E-state index in [4.69, 9.17) is 9.47 Å². The molecule has 0 atom stereocenters. The third kappa shape index (κ3) is 4.34. The maximum Gasteiger partial charge on any atom is 0.258 e. The van der Waals surface area contributed by atoms with Crippen LogP contribution in [0.15, 0.2) is 18.2 Å². The Morgan fingerprint density at radius 1 is 1.35 bits per heavy atom. The fourth-order valence-electron chi connectivity index (χ4n) is 1.40. The molecule has 0 aromatic heterocycles. The van der Waals surface area contributed by atoms with E-state index in [0.717, 1.165) is 5.56 Å². The number of hydrogen-bond donors (Lipinski definition) is 1. The maximum absolute atomic E-state index is 11.4. The third-order valence-corrected chi connectivity index (χ3v) is 2.13. The van der Waals surface area contributed by atoms with Crippen LogP contribution in [0, 0.1) is 6.92 Å². The lowest BCUT2D eigenvalue weighted by Crippen LogP contribution is -2.34. The molecule has 0 aliphatic carbocycles. The summed E-state index contributed by atoms with van der Waals surface area (Å²) in [4.78, 5) is 11.4. The van der Waals surface area contributed by atoms with Crippen LogP contribution in [-0.2, 0) is 4.79 Å². The van der Waals surface area contributed by atoms with Gasteiger partial charge in [-0.3, -0.25) is 4.79 Å². The Bertz CT molecular complexity index is 388. The van der Waals surface area contributed by atoms with Gasteiger partial charge in [-0.2, -0.15) is 0 Å². The lowest BCUT2D eigenvalue weighted by Gasteiger charge is -2.12. The zero-order chi connectivity index (χ0) is 12.8. The van der Waals surface area contributed by atoms with Crippen molar-refractivity contribution in [2.24, 2.45) is 0 Å². The van der Waals surface area contributed by atoms with E-state index in [1.54, 1.807) is 13.2 Å². The molecule has 4 heteroatoms. The highest BCUT2D eigenvalue weighted by atomic mass is 16.5. The molecule has 1 rings (SSSR count). The van der Waals surface area contributed by atoms with E-state index in [1.165, 1.54) is 0 Å². The van der Waals surface area contributed by atoms with Crippen molar-refractivity contribution in [3.63, 3.8) is 0 Å². The number of nitrogens with one attached hydrogen (secondary N) is 1. The number of benzene rings is 1. The Labute approximate surface area is 102 Å². The number of ether oxygens (including phenoxy) is 2. The van der Waals surface area contributed by atoms with Gasteiger partial charge in [0.1, 0.15) is 0 Å². The molecule has 1 amide bonds. The number of hydrogen-bond acceptors (Lipinski definition) is 3. The summed E-state index contributed by atoms with van der Waals surface area (Å²) >= 11 is 0. The van der Waals surface area contributed by atoms with Crippen LogP contribution in [0.5, 0.6) is 11.5 Å². The Morgan fingerprint density at radius 3 is 2.65 bits per heavy atom. The summed E-state index contributed by atoms with van der Waals surface area (Å²) in [6.45, 7) is 5.78. The second-order valence-electron chi connectivity index (χ2n) is 4.17. The predicted octanol–water partition coefficient (Wildman–Crippen LogP) is 1.91. The maximum atomic E-state index is 11.4. The molecule has 0 saturated carbocycles. The van der Waals surface area contributed by atoms with Crippen LogP contribution in [-0.4, -0.2) is 25.7 Å². The topological polar surface area (TPSA) is 47.6 Å². The van der Waals surface area contributed by atoms with Gasteiger partial charge in [0.2, 0.25) is 0 Å². The third-order valence-electron chi connectivity index (χ3n) is 2.13. The van der Waals surface area contributed by atoms with Gasteiger partial charge in [-0.25, -0.2) is 0 Å². The average Bonchev–Trinajstić information content (AvgIpc) is 2.26. The highest BCUT2D eigenvalue weighted by Crippen LogP contribution is 2.27. The quantitative estimate of drug-likeness (QED) is 0.851. The van der Waals surface area contributed by atoms with Gasteiger partial charge in [0.05, 0.1) is 7.11 Å². The monoisotopic (exact) mass is 237 g/mol. The van der Waals surface area contributed by atoms with Crippen molar-refractivity contribution in [3.05, 3.63) is 23.8 Å². The van der Waals surface area contributed by atoms with Crippen molar-refractivity contribution < 1.29 is 14.3 Å². The van der Waals surface area contributed by atoms with E-state index < -0.39 is 0 Å². The number of carbonyl (C=O) groups is 1. The minimum Gasteiger partial charge on any atom is -0.493 e. The lowest BCUT2D eigenvalue weighted by atomic mass is 10.2. The molecule has 0 aliphatic heterocycles. The molecule has 0 aliphatic rings. The first-order valence-electron chi connectivity index (χ1n) is 5.59. The minimum absolute atomic E-state index is 0.00238. The predicted molar refractivity (Wildman–Crippen MR) is 66.5 cm³/mol. The van der Waals surface area contributed by atoms with Crippen LogP contribution in [0.2, 0.25) is 0 Å². The van der Waals surface area contributed by atoms with E-state index in [2.05, 4.69) is 5.32 Å². The Hall–Kier alpha value is -1.71. The van der Waals surface area contributed by atoms with Gasteiger partial charge in [-0.1, -0.05) is 6.07 Å². The molecule has 94 valence electrons. The molecule has 0 heterocycles. The molecule has 1 aromatic rings. The summed E-state index contributed by atoms with van der Waals surface area (Å²) in [5.41, 5.74) is 1.08.